The smallest absolute Gasteiger partial charge is 0.341 e. The fraction of sp³-hybridized carbons (Fsp3) is 0.400. The number of alkyl halides is 2. The van der Waals surface area contributed by atoms with Crippen LogP contribution < -0.4 is 0 Å². The molecule has 0 unspecified atom stereocenters. The lowest BCUT2D eigenvalue weighted by Crippen LogP contribution is -2.35. The number of likely N-dealkylation sites (N-methyl/N-ethyl adjacent to an activating group) is 1. The first kappa shape index (κ1) is 19.1. The lowest BCUT2D eigenvalue weighted by atomic mass is 10.3. The van der Waals surface area contributed by atoms with Gasteiger partial charge < -0.3 is 9.64 Å². The van der Waals surface area contributed by atoms with Crippen LogP contribution in [0.4, 0.5) is 8.78 Å². The Labute approximate surface area is 137 Å². The van der Waals surface area contributed by atoms with Crippen molar-refractivity contribution in [1.82, 2.24) is 9.88 Å². The monoisotopic (exact) mass is 344 g/mol. The average Bonchev–Trinajstić information content (AvgIpc) is 2.49. The van der Waals surface area contributed by atoms with Crippen LogP contribution in [0.1, 0.15) is 24.2 Å². The Kier molecular flexibility index (Phi) is 7.67. The standard InChI is InChI=1S/C15H18F2N2O3S/c1-4-19(8-10(2)3)12(20)9-22-14(21)11-6-5-7-18-13(11)23-15(16)17/h5-7,15H,2,4,8-9H2,1,3H3. The van der Waals surface area contributed by atoms with E-state index in [2.05, 4.69) is 11.6 Å². The second-order valence-corrected chi connectivity index (χ2v) is 5.65. The molecule has 1 heterocycles. The number of halogens is 2. The van der Waals surface area contributed by atoms with Crippen molar-refractivity contribution in [3.05, 3.63) is 36.0 Å². The quantitative estimate of drug-likeness (QED) is 0.412. The summed E-state index contributed by atoms with van der Waals surface area (Å²) in [6.45, 7) is 7.65. The van der Waals surface area contributed by atoms with Crippen LogP contribution >= 0.6 is 11.8 Å². The van der Waals surface area contributed by atoms with Gasteiger partial charge in [-0.15, -0.1) is 0 Å². The summed E-state index contributed by atoms with van der Waals surface area (Å²) in [5, 5.41) is -0.130. The van der Waals surface area contributed by atoms with Crippen LogP contribution in [0.25, 0.3) is 0 Å². The molecule has 0 spiro atoms. The highest BCUT2D eigenvalue weighted by atomic mass is 32.2. The molecule has 0 saturated heterocycles. The molecule has 0 saturated carbocycles. The summed E-state index contributed by atoms with van der Waals surface area (Å²) in [5.41, 5.74) is 0.711. The highest BCUT2D eigenvalue weighted by molar-refractivity contribution is 7.99. The molecule has 1 aromatic rings. The molecule has 0 N–H and O–H groups in total. The van der Waals surface area contributed by atoms with E-state index in [9.17, 15) is 18.4 Å². The molecule has 23 heavy (non-hydrogen) atoms. The Balaban J connectivity index is 2.70. The number of hydrogen-bond acceptors (Lipinski definition) is 5. The number of rotatable bonds is 8. The maximum absolute atomic E-state index is 12.5. The Bertz CT molecular complexity index is 582. The summed E-state index contributed by atoms with van der Waals surface area (Å²) in [6.07, 6.45) is 1.30. The molecule has 0 aliphatic rings. The van der Waals surface area contributed by atoms with Gasteiger partial charge >= 0.3 is 5.97 Å². The summed E-state index contributed by atoms with van der Waals surface area (Å²) in [5.74, 6) is -3.94. The molecule has 1 amide bonds. The maximum Gasteiger partial charge on any atom is 0.341 e. The van der Waals surface area contributed by atoms with Crippen LogP contribution in [-0.4, -0.2) is 47.2 Å². The molecule has 1 rings (SSSR count). The zero-order valence-corrected chi connectivity index (χ0v) is 13.7. The number of pyridine rings is 1. The van der Waals surface area contributed by atoms with E-state index in [0.29, 0.717) is 13.1 Å². The topological polar surface area (TPSA) is 59.5 Å². The minimum absolute atomic E-state index is 0.0893. The molecule has 1 aromatic heterocycles. The minimum atomic E-state index is -2.70. The van der Waals surface area contributed by atoms with Gasteiger partial charge in [-0.1, -0.05) is 12.2 Å². The molecule has 0 aliphatic carbocycles. The Morgan fingerprint density at radius 2 is 2.17 bits per heavy atom. The third kappa shape index (κ3) is 6.35. The lowest BCUT2D eigenvalue weighted by molar-refractivity contribution is -0.133. The van der Waals surface area contributed by atoms with Crippen LogP contribution in [0.15, 0.2) is 35.5 Å². The van der Waals surface area contributed by atoms with E-state index in [1.165, 1.54) is 23.2 Å². The van der Waals surface area contributed by atoms with Crippen LogP contribution in [0.2, 0.25) is 0 Å². The van der Waals surface area contributed by atoms with Crippen molar-refractivity contribution in [3.63, 3.8) is 0 Å². The first-order valence-electron chi connectivity index (χ1n) is 6.84. The zero-order valence-electron chi connectivity index (χ0n) is 12.9. The fourth-order valence-electron chi connectivity index (χ4n) is 1.72. The van der Waals surface area contributed by atoms with E-state index >= 15 is 0 Å². The van der Waals surface area contributed by atoms with Gasteiger partial charge in [0.15, 0.2) is 6.61 Å². The number of carbonyl (C=O) groups is 2. The van der Waals surface area contributed by atoms with Crippen LogP contribution in [-0.2, 0) is 9.53 Å². The second-order valence-electron chi connectivity index (χ2n) is 4.68. The predicted molar refractivity (Wildman–Crippen MR) is 83.4 cm³/mol. The van der Waals surface area contributed by atoms with E-state index in [4.69, 9.17) is 4.74 Å². The third-order valence-corrected chi connectivity index (χ3v) is 3.44. The molecule has 5 nitrogen and oxygen atoms in total. The minimum Gasteiger partial charge on any atom is -0.452 e. The lowest BCUT2D eigenvalue weighted by Gasteiger charge is -2.20. The molecule has 0 aliphatic heterocycles. The van der Waals surface area contributed by atoms with Crippen molar-refractivity contribution in [3.8, 4) is 0 Å². The number of amides is 1. The van der Waals surface area contributed by atoms with E-state index < -0.39 is 18.3 Å². The number of ether oxygens (including phenoxy) is 1. The SMILES string of the molecule is C=C(C)CN(CC)C(=O)COC(=O)c1cccnc1SC(F)F. The summed E-state index contributed by atoms with van der Waals surface area (Å²) >= 11 is 0.155. The summed E-state index contributed by atoms with van der Waals surface area (Å²) in [4.78, 5) is 29.2. The van der Waals surface area contributed by atoms with Crippen molar-refractivity contribution in [1.29, 1.82) is 0 Å². The summed E-state index contributed by atoms with van der Waals surface area (Å²) in [6, 6.07) is 2.77. The molecule has 0 radical (unpaired) electrons. The Morgan fingerprint density at radius 1 is 1.48 bits per heavy atom. The van der Waals surface area contributed by atoms with Gasteiger partial charge in [0.25, 0.3) is 11.7 Å². The second kappa shape index (κ2) is 9.24. The molecule has 8 heteroatoms. The van der Waals surface area contributed by atoms with E-state index in [-0.39, 0.29) is 28.3 Å². The van der Waals surface area contributed by atoms with Gasteiger partial charge in [0.1, 0.15) is 5.03 Å². The van der Waals surface area contributed by atoms with E-state index in [1.54, 1.807) is 13.8 Å². The average molecular weight is 344 g/mol. The largest absolute Gasteiger partial charge is 0.452 e. The molecule has 0 aromatic carbocycles. The van der Waals surface area contributed by atoms with Gasteiger partial charge in [-0.3, -0.25) is 4.79 Å². The number of esters is 1. The number of hydrogen-bond donors (Lipinski definition) is 0. The summed E-state index contributed by atoms with van der Waals surface area (Å²) in [7, 11) is 0. The molecule has 0 bridgehead atoms. The van der Waals surface area contributed by atoms with Crippen molar-refractivity contribution >= 4 is 23.6 Å². The normalized spacial score (nSPS) is 10.5. The zero-order chi connectivity index (χ0) is 17.4. The van der Waals surface area contributed by atoms with Crippen LogP contribution in [0.5, 0.6) is 0 Å². The highest BCUT2D eigenvalue weighted by Gasteiger charge is 2.20. The fourth-order valence-corrected chi connectivity index (χ4v) is 2.29. The highest BCUT2D eigenvalue weighted by Crippen LogP contribution is 2.26. The Hall–Kier alpha value is -1.96. The van der Waals surface area contributed by atoms with E-state index in [1.807, 2.05) is 0 Å². The molecule has 0 atom stereocenters. The van der Waals surface area contributed by atoms with Gasteiger partial charge in [-0.25, -0.2) is 9.78 Å². The van der Waals surface area contributed by atoms with E-state index in [0.717, 1.165) is 5.57 Å². The molecular formula is C15H18F2N2O3S. The van der Waals surface area contributed by atoms with Gasteiger partial charge in [-0.2, -0.15) is 8.78 Å². The first-order chi connectivity index (χ1) is 10.8. The van der Waals surface area contributed by atoms with Gasteiger partial charge in [0, 0.05) is 19.3 Å². The van der Waals surface area contributed by atoms with Crippen molar-refractivity contribution in [2.45, 2.75) is 24.6 Å². The molecule has 126 valence electrons. The van der Waals surface area contributed by atoms with Gasteiger partial charge in [0.2, 0.25) is 0 Å². The predicted octanol–water partition coefficient (Wildman–Crippen LogP) is 2.98. The van der Waals surface area contributed by atoms with Crippen LogP contribution in [0.3, 0.4) is 0 Å². The van der Waals surface area contributed by atoms with Gasteiger partial charge in [-0.05, 0) is 37.7 Å². The van der Waals surface area contributed by atoms with Crippen LogP contribution in [0, 0.1) is 0 Å². The first-order valence-corrected chi connectivity index (χ1v) is 7.72. The number of carbonyl (C=O) groups excluding carboxylic acids is 2. The van der Waals surface area contributed by atoms with Gasteiger partial charge in [0.05, 0.1) is 5.56 Å². The number of nitrogens with zero attached hydrogens (tertiary/aromatic N) is 2. The molecule has 0 fully saturated rings. The summed E-state index contributed by atoms with van der Waals surface area (Å²) < 4.78 is 29.8. The van der Waals surface area contributed by atoms with Crippen molar-refractivity contribution in [2.24, 2.45) is 0 Å². The number of thioether (sulfide) groups is 1. The maximum atomic E-state index is 12.5. The Morgan fingerprint density at radius 3 is 2.74 bits per heavy atom. The van der Waals surface area contributed by atoms with Crippen molar-refractivity contribution < 1.29 is 23.1 Å². The number of aromatic nitrogens is 1. The third-order valence-electron chi connectivity index (χ3n) is 2.71. The molecular weight excluding hydrogens is 326 g/mol. The van der Waals surface area contributed by atoms with Crippen molar-refractivity contribution in [2.75, 3.05) is 19.7 Å².